The standard InChI is InChI=1S/C12H20N2O2/c15-11-8-14(9-12(16)13-11)7-6-10-4-2-1-3-5-10/h10H,1-9H2,(H,13,15,16). The van der Waals surface area contributed by atoms with Crippen molar-refractivity contribution in [3.05, 3.63) is 0 Å². The van der Waals surface area contributed by atoms with Crippen molar-refractivity contribution >= 4 is 11.8 Å². The topological polar surface area (TPSA) is 49.4 Å². The van der Waals surface area contributed by atoms with Gasteiger partial charge in [-0.25, -0.2) is 0 Å². The summed E-state index contributed by atoms with van der Waals surface area (Å²) in [5.74, 6) is 0.508. The number of amides is 2. The molecule has 1 saturated heterocycles. The number of hydrogen-bond acceptors (Lipinski definition) is 3. The van der Waals surface area contributed by atoms with Crippen LogP contribution < -0.4 is 5.32 Å². The number of carbonyl (C=O) groups excluding carboxylic acids is 2. The summed E-state index contributed by atoms with van der Waals surface area (Å²) in [6.07, 6.45) is 7.87. The van der Waals surface area contributed by atoms with Gasteiger partial charge >= 0.3 is 0 Å². The molecule has 0 radical (unpaired) electrons. The summed E-state index contributed by atoms with van der Waals surface area (Å²) in [7, 11) is 0. The van der Waals surface area contributed by atoms with E-state index < -0.39 is 0 Å². The molecule has 0 aromatic rings. The second kappa shape index (κ2) is 5.43. The molecule has 0 atom stereocenters. The Kier molecular flexibility index (Phi) is 3.93. The highest BCUT2D eigenvalue weighted by Crippen LogP contribution is 2.26. The lowest BCUT2D eigenvalue weighted by molar-refractivity contribution is -0.136. The minimum Gasteiger partial charge on any atom is -0.294 e. The molecular weight excluding hydrogens is 204 g/mol. The number of hydrogen-bond donors (Lipinski definition) is 1. The van der Waals surface area contributed by atoms with Crippen molar-refractivity contribution in [2.45, 2.75) is 38.5 Å². The Morgan fingerprint density at radius 2 is 1.69 bits per heavy atom. The quantitative estimate of drug-likeness (QED) is 0.725. The van der Waals surface area contributed by atoms with Crippen LogP contribution in [0.4, 0.5) is 0 Å². The summed E-state index contributed by atoms with van der Waals surface area (Å²) in [5, 5.41) is 2.33. The maximum atomic E-state index is 11.2. The second-order valence-corrected chi connectivity index (χ2v) is 4.97. The first-order valence-electron chi connectivity index (χ1n) is 6.29. The fourth-order valence-corrected chi connectivity index (χ4v) is 2.70. The number of nitrogens with one attached hydrogen (secondary N) is 1. The molecule has 90 valence electrons. The van der Waals surface area contributed by atoms with Crippen molar-refractivity contribution in [2.24, 2.45) is 5.92 Å². The van der Waals surface area contributed by atoms with Gasteiger partial charge in [0, 0.05) is 0 Å². The number of imide groups is 1. The smallest absolute Gasteiger partial charge is 0.240 e. The first-order chi connectivity index (χ1) is 7.74. The number of piperazine rings is 1. The molecule has 0 spiro atoms. The van der Waals surface area contributed by atoms with Gasteiger partial charge in [0.2, 0.25) is 11.8 Å². The van der Waals surface area contributed by atoms with E-state index in [0.29, 0.717) is 13.1 Å². The maximum Gasteiger partial charge on any atom is 0.240 e. The van der Waals surface area contributed by atoms with Crippen LogP contribution in [0.2, 0.25) is 0 Å². The summed E-state index contributed by atoms with van der Waals surface area (Å²) >= 11 is 0. The zero-order chi connectivity index (χ0) is 11.4. The third-order valence-electron chi connectivity index (χ3n) is 3.59. The van der Waals surface area contributed by atoms with Gasteiger partial charge in [0.25, 0.3) is 0 Å². The van der Waals surface area contributed by atoms with Crippen LogP contribution in [0.5, 0.6) is 0 Å². The van der Waals surface area contributed by atoms with Gasteiger partial charge in [0.05, 0.1) is 13.1 Å². The molecule has 0 bridgehead atoms. The average molecular weight is 224 g/mol. The van der Waals surface area contributed by atoms with E-state index in [2.05, 4.69) is 5.32 Å². The predicted molar refractivity (Wildman–Crippen MR) is 60.8 cm³/mol. The molecule has 1 aliphatic carbocycles. The van der Waals surface area contributed by atoms with Gasteiger partial charge in [-0.1, -0.05) is 32.1 Å². The van der Waals surface area contributed by atoms with Crippen molar-refractivity contribution in [1.29, 1.82) is 0 Å². The van der Waals surface area contributed by atoms with Gasteiger partial charge in [0.15, 0.2) is 0 Å². The number of rotatable bonds is 3. The molecule has 0 aromatic carbocycles. The SMILES string of the molecule is O=C1CN(CCC2CCCCC2)CC(=O)N1. The lowest BCUT2D eigenvalue weighted by atomic mass is 9.87. The summed E-state index contributed by atoms with van der Waals surface area (Å²) in [5.41, 5.74) is 0. The summed E-state index contributed by atoms with van der Waals surface area (Å²) in [4.78, 5) is 24.3. The monoisotopic (exact) mass is 224 g/mol. The zero-order valence-corrected chi connectivity index (χ0v) is 9.71. The Morgan fingerprint density at radius 1 is 1.06 bits per heavy atom. The van der Waals surface area contributed by atoms with Crippen molar-refractivity contribution < 1.29 is 9.59 Å². The van der Waals surface area contributed by atoms with Gasteiger partial charge in [-0.15, -0.1) is 0 Å². The molecule has 0 unspecified atom stereocenters. The average Bonchev–Trinajstić information content (AvgIpc) is 2.27. The molecule has 2 rings (SSSR count). The zero-order valence-electron chi connectivity index (χ0n) is 9.71. The van der Waals surface area contributed by atoms with Gasteiger partial charge in [-0.05, 0) is 18.9 Å². The van der Waals surface area contributed by atoms with E-state index in [1.807, 2.05) is 4.90 Å². The van der Waals surface area contributed by atoms with Crippen molar-refractivity contribution in [2.75, 3.05) is 19.6 Å². The van der Waals surface area contributed by atoms with E-state index in [0.717, 1.165) is 18.9 Å². The molecule has 2 fully saturated rings. The molecule has 1 aliphatic heterocycles. The summed E-state index contributed by atoms with van der Waals surface area (Å²) in [6, 6.07) is 0. The second-order valence-electron chi connectivity index (χ2n) is 4.97. The molecule has 2 amide bonds. The van der Waals surface area contributed by atoms with E-state index in [1.54, 1.807) is 0 Å². The number of nitrogens with zero attached hydrogens (tertiary/aromatic N) is 1. The van der Waals surface area contributed by atoms with Crippen LogP contribution in [-0.4, -0.2) is 36.3 Å². The Balaban J connectivity index is 1.72. The van der Waals surface area contributed by atoms with Crippen LogP contribution >= 0.6 is 0 Å². The first kappa shape index (κ1) is 11.6. The van der Waals surface area contributed by atoms with E-state index >= 15 is 0 Å². The van der Waals surface area contributed by atoms with Gasteiger partial charge in [-0.3, -0.25) is 19.8 Å². The highest BCUT2D eigenvalue weighted by molar-refractivity contribution is 5.99. The van der Waals surface area contributed by atoms with Crippen LogP contribution in [0.1, 0.15) is 38.5 Å². The van der Waals surface area contributed by atoms with Crippen molar-refractivity contribution in [1.82, 2.24) is 10.2 Å². The Bertz CT molecular complexity index is 256. The fraction of sp³-hybridized carbons (Fsp3) is 0.833. The Labute approximate surface area is 96.4 Å². The lowest BCUT2D eigenvalue weighted by Crippen LogP contribution is -2.51. The largest absolute Gasteiger partial charge is 0.294 e. The molecule has 4 heteroatoms. The summed E-state index contributed by atoms with van der Waals surface area (Å²) in [6.45, 7) is 1.67. The molecule has 1 N–H and O–H groups in total. The van der Waals surface area contributed by atoms with Crippen LogP contribution in [0.15, 0.2) is 0 Å². The van der Waals surface area contributed by atoms with Gasteiger partial charge in [-0.2, -0.15) is 0 Å². The first-order valence-corrected chi connectivity index (χ1v) is 6.29. The van der Waals surface area contributed by atoms with Gasteiger partial charge in [0.1, 0.15) is 0 Å². The normalized spacial score (nSPS) is 24.5. The minimum absolute atomic E-state index is 0.153. The van der Waals surface area contributed by atoms with Crippen LogP contribution in [0, 0.1) is 5.92 Å². The van der Waals surface area contributed by atoms with E-state index in [4.69, 9.17) is 0 Å². The van der Waals surface area contributed by atoms with Crippen molar-refractivity contribution in [3.63, 3.8) is 0 Å². The van der Waals surface area contributed by atoms with E-state index in [9.17, 15) is 9.59 Å². The minimum atomic E-state index is -0.153. The van der Waals surface area contributed by atoms with E-state index in [1.165, 1.54) is 32.1 Å². The number of carbonyl (C=O) groups is 2. The predicted octanol–water partition coefficient (Wildman–Crippen LogP) is 0.915. The molecule has 2 aliphatic rings. The fourth-order valence-electron chi connectivity index (χ4n) is 2.70. The Morgan fingerprint density at radius 3 is 2.31 bits per heavy atom. The summed E-state index contributed by atoms with van der Waals surface area (Å²) < 4.78 is 0. The van der Waals surface area contributed by atoms with Crippen LogP contribution in [0.25, 0.3) is 0 Å². The molecule has 4 nitrogen and oxygen atoms in total. The van der Waals surface area contributed by atoms with Crippen LogP contribution in [-0.2, 0) is 9.59 Å². The highest BCUT2D eigenvalue weighted by atomic mass is 16.2. The Hall–Kier alpha value is -0.900. The van der Waals surface area contributed by atoms with E-state index in [-0.39, 0.29) is 11.8 Å². The van der Waals surface area contributed by atoms with Crippen molar-refractivity contribution in [3.8, 4) is 0 Å². The third-order valence-corrected chi connectivity index (χ3v) is 3.59. The molecule has 1 saturated carbocycles. The lowest BCUT2D eigenvalue weighted by Gasteiger charge is -2.28. The van der Waals surface area contributed by atoms with Gasteiger partial charge < -0.3 is 0 Å². The van der Waals surface area contributed by atoms with Crippen LogP contribution in [0.3, 0.4) is 0 Å². The molecule has 1 heterocycles. The maximum absolute atomic E-state index is 11.2. The molecular formula is C12H20N2O2. The third kappa shape index (κ3) is 3.30. The molecule has 16 heavy (non-hydrogen) atoms. The molecule has 0 aromatic heterocycles. The highest BCUT2D eigenvalue weighted by Gasteiger charge is 2.23.